The number of aliphatic hydroxyl groups is 1. The molecular formula is C29H37Cl2NO4. The molecule has 0 aliphatic carbocycles. The third-order valence-corrected chi connectivity index (χ3v) is 8.04. The maximum atomic E-state index is 13.6. The first-order valence-corrected chi connectivity index (χ1v) is 13.4. The second-order valence-electron chi connectivity index (χ2n) is 10.9. The van der Waals surface area contributed by atoms with Crippen molar-refractivity contribution in [3.63, 3.8) is 0 Å². The first-order chi connectivity index (χ1) is 16.9. The molecule has 2 aromatic rings. The smallest absolute Gasteiger partial charge is 0.304 e. The molecule has 0 radical (unpaired) electrons. The fourth-order valence-electron chi connectivity index (χ4n) is 5.85. The third kappa shape index (κ3) is 6.62. The Bertz CT molecular complexity index is 1070. The molecule has 0 spiro atoms. The number of benzene rings is 2. The van der Waals surface area contributed by atoms with Crippen molar-refractivity contribution in [1.82, 2.24) is 4.90 Å². The van der Waals surface area contributed by atoms with E-state index >= 15 is 0 Å². The summed E-state index contributed by atoms with van der Waals surface area (Å²) in [5, 5.41) is 22.1. The number of likely N-dealkylation sites (tertiary alicyclic amines) is 1. The van der Waals surface area contributed by atoms with E-state index in [2.05, 4.69) is 6.92 Å². The van der Waals surface area contributed by atoms with Crippen molar-refractivity contribution in [2.45, 2.75) is 83.3 Å². The monoisotopic (exact) mass is 533 g/mol. The Morgan fingerprint density at radius 1 is 1.11 bits per heavy atom. The number of carboxylic acids is 1. The first-order valence-electron chi connectivity index (χ1n) is 12.6. The van der Waals surface area contributed by atoms with Gasteiger partial charge in [-0.05, 0) is 80.8 Å². The van der Waals surface area contributed by atoms with Gasteiger partial charge in [0, 0.05) is 28.5 Å². The Hall–Kier alpha value is -2.08. The second kappa shape index (κ2) is 11.5. The van der Waals surface area contributed by atoms with Crippen molar-refractivity contribution in [1.29, 1.82) is 0 Å². The van der Waals surface area contributed by atoms with Crippen LogP contribution in [-0.2, 0) is 9.59 Å². The molecule has 2 N–H and O–H groups in total. The number of rotatable bonds is 10. The summed E-state index contributed by atoms with van der Waals surface area (Å²) in [4.78, 5) is 27.0. The highest BCUT2D eigenvalue weighted by Gasteiger charge is 2.45. The maximum Gasteiger partial charge on any atom is 0.304 e. The minimum Gasteiger partial charge on any atom is -0.481 e. The predicted molar refractivity (Wildman–Crippen MR) is 145 cm³/mol. The summed E-state index contributed by atoms with van der Waals surface area (Å²) in [5.74, 6) is -1.51. The fraction of sp³-hybridized carbons (Fsp3) is 0.517. The normalized spacial score (nSPS) is 21.2. The lowest BCUT2D eigenvalue weighted by molar-refractivity contribution is -0.155. The van der Waals surface area contributed by atoms with Gasteiger partial charge in [0.05, 0.1) is 17.4 Å². The minimum atomic E-state index is -1.08. The van der Waals surface area contributed by atoms with Gasteiger partial charge in [-0.1, -0.05) is 61.3 Å². The summed E-state index contributed by atoms with van der Waals surface area (Å²) >= 11 is 12.6. The van der Waals surface area contributed by atoms with Crippen LogP contribution >= 0.6 is 23.2 Å². The Balaban J connectivity index is 2.05. The van der Waals surface area contributed by atoms with Crippen molar-refractivity contribution in [2.24, 2.45) is 5.41 Å². The zero-order chi connectivity index (χ0) is 26.7. The summed E-state index contributed by atoms with van der Waals surface area (Å²) < 4.78 is 0. The van der Waals surface area contributed by atoms with E-state index in [-0.39, 0.29) is 30.2 Å². The lowest BCUT2D eigenvalue weighted by Gasteiger charge is -2.45. The molecule has 36 heavy (non-hydrogen) atoms. The topological polar surface area (TPSA) is 77.8 Å². The first kappa shape index (κ1) is 28.5. The van der Waals surface area contributed by atoms with Crippen molar-refractivity contribution >= 4 is 35.1 Å². The molecule has 0 aromatic heterocycles. The predicted octanol–water partition coefficient (Wildman–Crippen LogP) is 6.90. The quantitative estimate of drug-likeness (QED) is 0.348. The van der Waals surface area contributed by atoms with Crippen molar-refractivity contribution in [3.8, 4) is 0 Å². The molecule has 0 bridgehead atoms. The SMILES string of the molecule is CCC(CC(c1cccc(Cl)c1)C(c1ccc(Cl)cc1)C(C)(C)O)N1CCCC(C)(CC(=O)O)C1=O. The van der Waals surface area contributed by atoms with Gasteiger partial charge in [0.25, 0.3) is 0 Å². The van der Waals surface area contributed by atoms with Crippen LogP contribution in [0, 0.1) is 5.41 Å². The Morgan fingerprint density at radius 2 is 1.78 bits per heavy atom. The van der Waals surface area contributed by atoms with Crippen LogP contribution in [0.5, 0.6) is 0 Å². The summed E-state index contributed by atoms with van der Waals surface area (Å²) in [6, 6.07) is 15.1. The summed E-state index contributed by atoms with van der Waals surface area (Å²) in [5.41, 5.74) is -0.0502. The molecule has 7 heteroatoms. The molecule has 0 saturated carbocycles. The summed E-state index contributed by atoms with van der Waals surface area (Å²) in [6.07, 6.45) is 2.47. The van der Waals surface area contributed by atoms with E-state index in [4.69, 9.17) is 23.2 Å². The molecule has 1 fully saturated rings. The van der Waals surface area contributed by atoms with Gasteiger partial charge in [0.2, 0.25) is 5.91 Å². The van der Waals surface area contributed by atoms with E-state index in [0.717, 1.165) is 17.5 Å². The Morgan fingerprint density at radius 3 is 2.33 bits per heavy atom. The van der Waals surface area contributed by atoms with Gasteiger partial charge >= 0.3 is 5.97 Å². The van der Waals surface area contributed by atoms with E-state index in [1.165, 1.54) is 0 Å². The van der Waals surface area contributed by atoms with Gasteiger partial charge in [-0.3, -0.25) is 9.59 Å². The van der Waals surface area contributed by atoms with Crippen LogP contribution in [0.15, 0.2) is 48.5 Å². The third-order valence-electron chi connectivity index (χ3n) is 7.55. The molecule has 4 atom stereocenters. The number of amides is 1. The molecule has 3 rings (SSSR count). The van der Waals surface area contributed by atoms with E-state index in [1.807, 2.05) is 53.4 Å². The number of nitrogens with zero attached hydrogens (tertiary/aromatic N) is 1. The van der Waals surface area contributed by atoms with Crippen LogP contribution < -0.4 is 0 Å². The average molecular weight is 535 g/mol. The van der Waals surface area contributed by atoms with Gasteiger partial charge in [-0.2, -0.15) is 0 Å². The number of hydrogen-bond acceptors (Lipinski definition) is 3. The number of halogens is 2. The standard InChI is InChI=1S/C29H37Cl2NO4/c1-5-23(32-15-7-14-29(4,27(32)35)18-25(33)34)17-24(20-8-6-9-22(31)16-20)26(28(2,3)36)19-10-12-21(30)13-11-19/h6,8-13,16,23-24,26,36H,5,7,14-15,17-18H2,1-4H3,(H,33,34). The molecule has 196 valence electrons. The number of piperidine rings is 1. The molecule has 5 nitrogen and oxygen atoms in total. The highest BCUT2D eigenvalue weighted by molar-refractivity contribution is 6.30. The van der Waals surface area contributed by atoms with Gasteiger partial charge < -0.3 is 15.1 Å². The van der Waals surface area contributed by atoms with Gasteiger partial charge in [0.15, 0.2) is 0 Å². The molecule has 2 aromatic carbocycles. The highest BCUT2D eigenvalue weighted by Crippen LogP contribution is 2.46. The van der Waals surface area contributed by atoms with Crippen LogP contribution in [0.3, 0.4) is 0 Å². The highest BCUT2D eigenvalue weighted by atomic mass is 35.5. The van der Waals surface area contributed by atoms with Crippen molar-refractivity contribution in [2.75, 3.05) is 6.54 Å². The number of carbonyl (C=O) groups excluding carboxylic acids is 1. The number of aliphatic carboxylic acids is 1. The number of carbonyl (C=O) groups is 2. The molecule has 1 amide bonds. The Kier molecular flexibility index (Phi) is 9.13. The maximum absolute atomic E-state index is 13.6. The van der Waals surface area contributed by atoms with Crippen LogP contribution in [-0.4, -0.2) is 45.2 Å². The van der Waals surface area contributed by atoms with E-state index in [9.17, 15) is 19.8 Å². The van der Waals surface area contributed by atoms with Crippen LogP contribution in [0.1, 0.15) is 82.8 Å². The van der Waals surface area contributed by atoms with E-state index in [1.54, 1.807) is 20.8 Å². The van der Waals surface area contributed by atoms with Crippen molar-refractivity contribution < 1.29 is 19.8 Å². The van der Waals surface area contributed by atoms with Gasteiger partial charge in [-0.25, -0.2) is 0 Å². The van der Waals surface area contributed by atoms with Gasteiger partial charge in [0.1, 0.15) is 0 Å². The zero-order valence-electron chi connectivity index (χ0n) is 21.5. The van der Waals surface area contributed by atoms with Gasteiger partial charge in [-0.15, -0.1) is 0 Å². The average Bonchev–Trinajstić information content (AvgIpc) is 2.78. The summed E-state index contributed by atoms with van der Waals surface area (Å²) in [7, 11) is 0. The van der Waals surface area contributed by atoms with Crippen LogP contribution in [0.2, 0.25) is 10.0 Å². The Labute approximate surface area is 224 Å². The molecular weight excluding hydrogens is 497 g/mol. The number of carboxylic acid groups (broad SMARTS) is 1. The molecule has 4 unspecified atom stereocenters. The summed E-state index contributed by atoms with van der Waals surface area (Å²) in [6.45, 7) is 8.03. The van der Waals surface area contributed by atoms with E-state index in [0.29, 0.717) is 35.9 Å². The largest absolute Gasteiger partial charge is 0.481 e. The number of hydrogen-bond donors (Lipinski definition) is 2. The van der Waals surface area contributed by atoms with E-state index < -0.39 is 17.0 Å². The van der Waals surface area contributed by atoms with Crippen LogP contribution in [0.25, 0.3) is 0 Å². The minimum absolute atomic E-state index is 0.0980. The molecule has 1 heterocycles. The second-order valence-corrected chi connectivity index (χ2v) is 11.7. The fourth-order valence-corrected chi connectivity index (χ4v) is 6.18. The zero-order valence-corrected chi connectivity index (χ0v) is 23.0. The van der Waals surface area contributed by atoms with Crippen molar-refractivity contribution in [3.05, 3.63) is 69.7 Å². The molecule has 1 aliphatic heterocycles. The van der Waals surface area contributed by atoms with Crippen LogP contribution in [0.4, 0.5) is 0 Å². The lowest BCUT2D eigenvalue weighted by atomic mass is 9.69. The lowest BCUT2D eigenvalue weighted by Crippen LogP contribution is -2.53. The molecule has 1 aliphatic rings. The molecule has 1 saturated heterocycles.